The third-order valence-electron chi connectivity index (χ3n) is 8.79. The minimum Gasteiger partial charge on any atom is -0.347 e. The van der Waals surface area contributed by atoms with E-state index in [4.69, 9.17) is 0 Å². The molecule has 1 aliphatic heterocycles. The molecule has 2 aromatic carbocycles. The topological polar surface area (TPSA) is 7.12 Å². The fourth-order valence-corrected chi connectivity index (χ4v) is 7.57. The predicted molar refractivity (Wildman–Crippen MR) is 179 cm³/mol. The van der Waals surface area contributed by atoms with E-state index >= 15 is 0 Å². The number of rotatable bonds is 13. The van der Waals surface area contributed by atoms with Crippen molar-refractivity contribution in [2.75, 3.05) is 66.3 Å². The number of thiazole rings is 1. The lowest BCUT2D eigenvalue weighted by molar-refractivity contribution is -0.910. The molecule has 0 unspecified atom stereocenters. The van der Waals surface area contributed by atoms with E-state index in [9.17, 15) is 0 Å². The molecule has 2 heterocycles. The van der Waals surface area contributed by atoms with E-state index in [2.05, 4.69) is 144 Å². The Labute approximate surface area is 253 Å². The molecular formula is C36H53N4S+3. The van der Waals surface area contributed by atoms with Gasteiger partial charge in [0.25, 0.3) is 5.01 Å². The summed E-state index contributed by atoms with van der Waals surface area (Å²) in [5.41, 5.74) is 5.38. The predicted octanol–water partition coefficient (Wildman–Crippen LogP) is 7.41. The number of hydrogen-bond donors (Lipinski definition) is 0. The van der Waals surface area contributed by atoms with Crippen LogP contribution in [0.25, 0.3) is 16.3 Å². The van der Waals surface area contributed by atoms with Gasteiger partial charge in [0.2, 0.25) is 5.52 Å². The number of quaternary nitrogens is 2. The lowest BCUT2D eigenvalue weighted by Crippen LogP contribution is -2.47. The Bertz CT molecular complexity index is 1410. The number of aryl methyl sites for hydroxylation is 1. The van der Waals surface area contributed by atoms with Gasteiger partial charge >= 0.3 is 0 Å². The van der Waals surface area contributed by atoms with Crippen molar-refractivity contribution < 1.29 is 13.5 Å². The number of fused-ring (bicyclic) bond motifs is 2. The number of hydrogen-bond acceptors (Lipinski definition) is 2. The van der Waals surface area contributed by atoms with Crippen molar-refractivity contribution in [2.45, 2.75) is 52.0 Å². The summed E-state index contributed by atoms with van der Waals surface area (Å²) in [5.74, 6) is 0. The van der Waals surface area contributed by atoms with E-state index in [-0.39, 0.29) is 5.41 Å². The second-order valence-corrected chi connectivity index (χ2v) is 14.6. The monoisotopic (exact) mass is 573 g/mol. The minimum absolute atomic E-state index is 0.00498. The summed E-state index contributed by atoms with van der Waals surface area (Å²) >= 11 is 1.89. The van der Waals surface area contributed by atoms with Crippen molar-refractivity contribution in [1.29, 1.82) is 0 Å². The van der Waals surface area contributed by atoms with Gasteiger partial charge < -0.3 is 13.9 Å². The maximum absolute atomic E-state index is 2.52. The van der Waals surface area contributed by atoms with Crippen LogP contribution < -0.4 is 9.47 Å². The van der Waals surface area contributed by atoms with Gasteiger partial charge in [0, 0.05) is 42.4 Å². The highest BCUT2D eigenvalue weighted by molar-refractivity contribution is 7.18. The number of allylic oxidation sites excluding steroid dienone is 5. The molecule has 3 aromatic rings. The zero-order chi connectivity index (χ0) is 29.7. The smallest absolute Gasteiger partial charge is 0.262 e. The van der Waals surface area contributed by atoms with Crippen LogP contribution in [0.3, 0.4) is 0 Å². The van der Waals surface area contributed by atoms with Crippen molar-refractivity contribution in [3.63, 3.8) is 0 Å². The zero-order valence-electron chi connectivity index (χ0n) is 26.9. The first-order chi connectivity index (χ1) is 19.5. The number of benzene rings is 2. The number of nitrogens with zero attached hydrogens (tertiary/aromatic N) is 4. The van der Waals surface area contributed by atoms with Crippen LogP contribution in [-0.4, -0.2) is 70.4 Å². The molecule has 0 fully saturated rings. The molecule has 1 aliphatic rings. The van der Waals surface area contributed by atoms with Crippen LogP contribution in [0.1, 0.15) is 50.6 Å². The molecule has 0 N–H and O–H groups in total. The Kier molecular flexibility index (Phi) is 9.94. The summed E-state index contributed by atoms with van der Waals surface area (Å²) in [6.45, 7) is 12.9. The van der Waals surface area contributed by atoms with Gasteiger partial charge in [-0.15, -0.1) is 0 Å². The van der Waals surface area contributed by atoms with Gasteiger partial charge in [-0.2, -0.15) is 4.57 Å². The fourth-order valence-electron chi connectivity index (χ4n) is 6.47. The highest BCUT2D eigenvalue weighted by Crippen LogP contribution is 2.46. The SMILES string of the molecule is CCC[N+](C)(C)CCC[N+](C)(C)CCC[n+]1c(C=CC=CC=C2N(C)c3ccccc3C2(C)C)sc2ccccc21. The van der Waals surface area contributed by atoms with E-state index in [0.29, 0.717) is 0 Å². The fraction of sp³-hybridized carbons (Fsp3) is 0.472. The molecule has 0 radical (unpaired) electrons. The normalized spacial score (nSPS) is 16.6. The highest BCUT2D eigenvalue weighted by atomic mass is 32.1. The zero-order valence-corrected chi connectivity index (χ0v) is 27.7. The largest absolute Gasteiger partial charge is 0.347 e. The van der Waals surface area contributed by atoms with Crippen molar-refractivity contribution in [1.82, 2.24) is 0 Å². The van der Waals surface area contributed by atoms with E-state index in [1.54, 1.807) is 0 Å². The van der Waals surface area contributed by atoms with Gasteiger partial charge in [0.1, 0.15) is 4.70 Å². The van der Waals surface area contributed by atoms with Gasteiger partial charge in [-0.1, -0.05) is 80.7 Å². The Morgan fingerprint density at radius 3 is 2.22 bits per heavy atom. The van der Waals surface area contributed by atoms with Crippen molar-refractivity contribution in [2.24, 2.45) is 0 Å². The average molecular weight is 574 g/mol. The summed E-state index contributed by atoms with van der Waals surface area (Å²) in [7, 11) is 11.7. The molecule has 0 saturated heterocycles. The summed E-state index contributed by atoms with van der Waals surface area (Å²) in [6, 6.07) is 17.6. The first kappa shape index (κ1) is 31.2. The molecule has 1 aromatic heterocycles. The van der Waals surface area contributed by atoms with Gasteiger partial charge in [-0.3, -0.25) is 0 Å². The highest BCUT2D eigenvalue weighted by Gasteiger charge is 2.37. The molecule has 0 aliphatic carbocycles. The standard InChI is InChI=1S/C36H53N4S/c1-9-26-39(5,6)28-18-29-40(7,8)27-17-25-38-32-21-15-16-22-33(32)41-35(38)24-12-10-11-23-34-36(2,3)30-19-13-14-20-31(30)37(34)4/h10-16,19-24H,9,17-18,25-29H2,1-8H3/q+3. The van der Waals surface area contributed by atoms with Crippen molar-refractivity contribution in [3.8, 4) is 0 Å². The van der Waals surface area contributed by atoms with Crippen LogP contribution in [-0.2, 0) is 12.0 Å². The van der Waals surface area contributed by atoms with Crippen LogP contribution in [0.5, 0.6) is 0 Å². The molecule has 0 bridgehead atoms. The number of aromatic nitrogens is 1. The molecule has 4 rings (SSSR count). The number of anilines is 1. The number of likely N-dealkylation sites (N-methyl/N-ethyl adjacent to an activating group) is 1. The summed E-state index contributed by atoms with van der Waals surface area (Å²) in [4.78, 5) is 2.33. The van der Waals surface area contributed by atoms with Crippen LogP contribution in [0.2, 0.25) is 0 Å². The average Bonchev–Trinajstić information content (AvgIpc) is 3.35. The van der Waals surface area contributed by atoms with Crippen LogP contribution in [0.4, 0.5) is 5.69 Å². The second-order valence-electron chi connectivity index (χ2n) is 13.5. The lowest BCUT2D eigenvalue weighted by Gasteiger charge is -2.33. The molecule has 220 valence electrons. The van der Waals surface area contributed by atoms with Gasteiger partial charge in [0.15, 0.2) is 6.54 Å². The Balaban J connectivity index is 1.41. The van der Waals surface area contributed by atoms with E-state index in [1.807, 2.05) is 11.3 Å². The van der Waals surface area contributed by atoms with E-state index in [1.165, 1.54) is 77.6 Å². The Hall–Kier alpha value is -2.73. The molecule has 0 spiro atoms. The minimum atomic E-state index is 0.00498. The van der Waals surface area contributed by atoms with E-state index in [0.717, 1.165) is 15.5 Å². The molecule has 4 nitrogen and oxygen atoms in total. The molecule has 5 heteroatoms. The first-order valence-corrected chi connectivity index (χ1v) is 16.2. The van der Waals surface area contributed by atoms with Crippen LogP contribution in [0.15, 0.2) is 78.5 Å². The van der Waals surface area contributed by atoms with Crippen LogP contribution >= 0.6 is 11.3 Å². The van der Waals surface area contributed by atoms with Crippen molar-refractivity contribution in [3.05, 3.63) is 89.1 Å². The summed E-state index contributed by atoms with van der Waals surface area (Å²) in [5, 5.41) is 1.32. The molecule has 0 atom stereocenters. The van der Waals surface area contributed by atoms with Crippen LogP contribution in [0, 0.1) is 0 Å². The molecular weight excluding hydrogens is 520 g/mol. The quantitative estimate of drug-likeness (QED) is 0.117. The third kappa shape index (κ3) is 7.57. The molecule has 0 amide bonds. The first-order valence-electron chi connectivity index (χ1n) is 15.4. The maximum atomic E-state index is 2.52. The van der Waals surface area contributed by atoms with Crippen molar-refractivity contribution >= 4 is 33.3 Å². The lowest BCUT2D eigenvalue weighted by atomic mass is 9.84. The maximum Gasteiger partial charge on any atom is 0.262 e. The molecule has 0 saturated carbocycles. The van der Waals surface area contributed by atoms with E-state index < -0.39 is 0 Å². The molecule has 41 heavy (non-hydrogen) atoms. The summed E-state index contributed by atoms with van der Waals surface area (Å²) in [6.07, 6.45) is 14.8. The Morgan fingerprint density at radius 1 is 0.829 bits per heavy atom. The van der Waals surface area contributed by atoms with Gasteiger partial charge in [-0.05, 0) is 30.2 Å². The van der Waals surface area contributed by atoms with Gasteiger partial charge in [0.05, 0.1) is 60.8 Å². The Morgan fingerprint density at radius 2 is 1.49 bits per heavy atom. The third-order valence-corrected chi connectivity index (χ3v) is 9.92. The number of para-hydroxylation sites is 2. The second kappa shape index (κ2) is 13.1. The summed E-state index contributed by atoms with van der Waals surface area (Å²) < 4.78 is 6.10. The van der Waals surface area contributed by atoms with Gasteiger partial charge in [-0.25, -0.2) is 0 Å².